The lowest BCUT2D eigenvalue weighted by Crippen LogP contribution is -2.60. The first-order valence-corrected chi connectivity index (χ1v) is 24.3. The van der Waals surface area contributed by atoms with Crippen LogP contribution in [0.5, 0.6) is 0 Å². The minimum Gasteiger partial charge on any atom is -0.457 e. The third-order valence-corrected chi connectivity index (χ3v) is 15.5. The fourth-order valence-electron chi connectivity index (χ4n) is 8.18. The average molecular weight is 976 g/mol. The Morgan fingerprint density at radius 3 is 2.42 bits per heavy atom. The molecular formula is C44H58ClF3N4O11S2. The lowest BCUT2D eigenvalue weighted by molar-refractivity contribution is -0.197. The Labute approximate surface area is 389 Å². The van der Waals surface area contributed by atoms with Crippen LogP contribution < -0.4 is 10.2 Å². The summed E-state index contributed by atoms with van der Waals surface area (Å²) >= 11 is 6.77. The number of anilines is 1. The van der Waals surface area contributed by atoms with Crippen LogP contribution in [0.2, 0.25) is 5.02 Å². The van der Waals surface area contributed by atoms with Crippen molar-refractivity contribution < 1.29 is 66.1 Å². The largest absolute Gasteiger partial charge is 0.457 e. The molecule has 0 radical (unpaired) electrons. The number of hydrogen-bond donors (Lipinski definition) is 2. The summed E-state index contributed by atoms with van der Waals surface area (Å²) in [6, 6.07) is 0.192. The van der Waals surface area contributed by atoms with Crippen molar-refractivity contribution in [2.75, 3.05) is 30.5 Å². The molecule has 360 valence electrons. The Bertz CT molecular complexity index is 2050. The SMILES string of the molecule is C/C1=C\C=C\[C@@H](C)[C@@]2(O)C[C@H](OC(=O)N2)[C@@H](C)[C@@H]2O[C@@]2(C)C(OC(=O)[C@H](C)N(C)C(CCSSCCCC(=O)ON2C(=O)CCC2=O)C(F)(F)F)CC(=O)N(C)c2cc(cc(C)c2Cl)C1. The number of hydroxylamine groups is 2. The van der Waals surface area contributed by atoms with Gasteiger partial charge in [-0.15, -0.1) is 5.06 Å². The van der Waals surface area contributed by atoms with Crippen molar-refractivity contribution >= 4 is 74.6 Å². The Morgan fingerprint density at radius 1 is 1.09 bits per heavy atom. The molecule has 21 heteroatoms. The van der Waals surface area contributed by atoms with Crippen LogP contribution in [0.3, 0.4) is 0 Å². The first kappa shape index (κ1) is 52.2. The summed E-state index contributed by atoms with van der Waals surface area (Å²) < 4.78 is 61.7. The number of hydrogen-bond acceptors (Lipinski definition) is 14. The molecule has 3 fully saturated rings. The van der Waals surface area contributed by atoms with E-state index in [9.17, 15) is 47.0 Å². The number of allylic oxidation sites excluding steroid dienone is 3. The number of likely N-dealkylation sites (N-methyl/N-ethyl adjacent to an activating group) is 1. The fraction of sp³-hybridized carbons (Fsp3) is 0.636. The van der Waals surface area contributed by atoms with Gasteiger partial charge in [0.25, 0.3) is 11.8 Å². The molecule has 1 aromatic carbocycles. The van der Waals surface area contributed by atoms with E-state index in [4.69, 9.17) is 30.6 Å². The van der Waals surface area contributed by atoms with Crippen molar-refractivity contribution in [2.24, 2.45) is 11.8 Å². The molecule has 4 bridgehead atoms. The summed E-state index contributed by atoms with van der Waals surface area (Å²) in [6.45, 7) is 10.1. The van der Waals surface area contributed by atoms with Gasteiger partial charge in [-0.2, -0.15) is 13.2 Å². The maximum absolute atomic E-state index is 14.6. The number of epoxide rings is 1. The van der Waals surface area contributed by atoms with E-state index in [0.717, 1.165) is 26.8 Å². The van der Waals surface area contributed by atoms with Gasteiger partial charge in [0.1, 0.15) is 35.6 Å². The van der Waals surface area contributed by atoms with Gasteiger partial charge in [-0.3, -0.25) is 29.4 Å². The second kappa shape index (κ2) is 21.4. The number of esters is 1. The van der Waals surface area contributed by atoms with Crippen molar-refractivity contribution in [1.29, 1.82) is 0 Å². The molecule has 0 aliphatic carbocycles. The molecule has 1 aromatic rings. The number of rotatable bonds is 13. The molecular weight excluding hydrogens is 917 g/mol. The number of amides is 4. The molecule has 65 heavy (non-hydrogen) atoms. The van der Waals surface area contributed by atoms with Crippen LogP contribution >= 0.6 is 33.2 Å². The molecule has 0 aromatic heterocycles. The summed E-state index contributed by atoms with van der Waals surface area (Å²) in [4.78, 5) is 83.5. The van der Waals surface area contributed by atoms with Crippen LogP contribution in [-0.2, 0) is 49.4 Å². The number of carbonyl (C=O) groups is 6. The second-order valence-electron chi connectivity index (χ2n) is 17.5. The molecule has 9 atom stereocenters. The van der Waals surface area contributed by atoms with Crippen molar-refractivity contribution in [3.8, 4) is 0 Å². The van der Waals surface area contributed by atoms with Crippen LogP contribution in [0.15, 0.2) is 35.9 Å². The number of nitrogens with one attached hydrogen (secondary N) is 1. The van der Waals surface area contributed by atoms with Crippen molar-refractivity contribution in [2.45, 2.75) is 141 Å². The molecule has 2 unspecified atom stereocenters. The molecule has 4 amide bonds. The predicted molar refractivity (Wildman–Crippen MR) is 238 cm³/mol. The van der Waals surface area contributed by atoms with E-state index in [-0.39, 0.29) is 37.9 Å². The van der Waals surface area contributed by atoms with Crippen molar-refractivity contribution in [1.82, 2.24) is 15.3 Å². The topological polar surface area (TPSA) is 185 Å². The van der Waals surface area contributed by atoms with Gasteiger partial charge >= 0.3 is 24.2 Å². The van der Waals surface area contributed by atoms with Gasteiger partial charge in [-0.25, -0.2) is 9.59 Å². The van der Waals surface area contributed by atoms with E-state index < -0.39 is 108 Å². The highest BCUT2D eigenvalue weighted by molar-refractivity contribution is 8.76. The maximum atomic E-state index is 14.6. The third kappa shape index (κ3) is 12.8. The number of fused-ring (bicyclic) bond motifs is 5. The highest BCUT2D eigenvalue weighted by atomic mass is 35.5. The van der Waals surface area contributed by atoms with Gasteiger partial charge in [-0.05, 0) is 71.2 Å². The minimum absolute atomic E-state index is 0.0294. The maximum Gasteiger partial charge on any atom is 0.409 e. The lowest BCUT2D eigenvalue weighted by atomic mass is 9.82. The molecule has 2 N–H and O–H groups in total. The first-order valence-electron chi connectivity index (χ1n) is 21.4. The molecule has 4 heterocycles. The minimum atomic E-state index is -4.74. The number of nitrogens with zero attached hydrogens (tertiary/aromatic N) is 3. The molecule has 15 nitrogen and oxygen atoms in total. The van der Waals surface area contributed by atoms with Gasteiger partial charge in [0.05, 0.1) is 23.2 Å². The number of alkyl carbamates (subject to hydrolysis) is 1. The molecule has 4 aliphatic heterocycles. The zero-order valence-electron chi connectivity index (χ0n) is 37.7. The molecule has 0 saturated carbocycles. The van der Waals surface area contributed by atoms with E-state index in [2.05, 4.69) is 5.32 Å². The van der Waals surface area contributed by atoms with E-state index in [0.29, 0.717) is 33.5 Å². The summed E-state index contributed by atoms with van der Waals surface area (Å²) in [5.74, 6) is -4.28. The van der Waals surface area contributed by atoms with Crippen LogP contribution in [0.4, 0.5) is 23.7 Å². The van der Waals surface area contributed by atoms with E-state index >= 15 is 0 Å². The number of aliphatic hydroxyl groups is 1. The zero-order valence-corrected chi connectivity index (χ0v) is 40.1. The second-order valence-corrected chi connectivity index (χ2v) is 20.5. The van der Waals surface area contributed by atoms with Crippen LogP contribution in [-0.4, -0.2) is 124 Å². The Morgan fingerprint density at radius 2 is 1.75 bits per heavy atom. The van der Waals surface area contributed by atoms with Gasteiger partial charge in [0.2, 0.25) is 5.91 Å². The summed E-state index contributed by atoms with van der Waals surface area (Å²) in [5, 5.41) is 15.0. The molecule has 3 saturated heterocycles. The number of benzene rings is 1. The lowest BCUT2D eigenvalue weighted by Gasteiger charge is -2.41. The Hall–Kier alpha value is -3.82. The van der Waals surface area contributed by atoms with Gasteiger partial charge in [0.15, 0.2) is 0 Å². The first-order chi connectivity index (χ1) is 30.4. The molecule has 0 spiro atoms. The normalized spacial score (nSPS) is 29.9. The highest BCUT2D eigenvalue weighted by Gasteiger charge is 2.64. The van der Waals surface area contributed by atoms with Crippen LogP contribution in [0.1, 0.15) is 90.7 Å². The third-order valence-electron chi connectivity index (χ3n) is 12.5. The summed E-state index contributed by atoms with van der Waals surface area (Å²) in [5.41, 5.74) is -0.147. The van der Waals surface area contributed by atoms with Gasteiger partial charge in [-0.1, -0.05) is 76.9 Å². The summed E-state index contributed by atoms with van der Waals surface area (Å²) in [7, 11) is 5.10. The number of aryl methyl sites for hydroxylation is 1. The van der Waals surface area contributed by atoms with Gasteiger partial charge in [0, 0.05) is 56.1 Å². The van der Waals surface area contributed by atoms with Crippen LogP contribution in [0.25, 0.3) is 0 Å². The zero-order chi connectivity index (χ0) is 48.2. The fourth-order valence-corrected chi connectivity index (χ4v) is 10.6. The Balaban J connectivity index is 1.31. The van der Waals surface area contributed by atoms with E-state index in [1.54, 1.807) is 39.0 Å². The smallest absolute Gasteiger partial charge is 0.409 e. The quantitative estimate of drug-likeness (QED) is 0.0677. The standard InChI is InChI=1S/C44H58ClF3N4O11S2/c1-24-11-9-12-26(3)43(59)23-31(60-41(58)49-43)27(4)39-42(6,62-39)33(22-36(55)51(8)30-21-29(19-24)20-25(2)38(30)45)61-40(57)28(5)50(7)32(44(46,47)48)16-18-65-64-17-10-13-37(56)63-52-34(53)14-15-35(52)54/h9,11-12,20-21,26-28,31-33,39,59H,10,13-19,22-23H2,1-8H3,(H,49,58)/b12-9+,24-11+/t26-,27-,28+,31+,32?,33?,39+,42+,43+/m1/s1. The number of imide groups is 1. The number of ether oxygens (including phenoxy) is 3. The van der Waals surface area contributed by atoms with E-state index in [1.165, 1.54) is 36.7 Å². The molecule has 4 aliphatic rings. The van der Waals surface area contributed by atoms with Crippen LogP contribution in [0, 0.1) is 18.8 Å². The van der Waals surface area contributed by atoms with Gasteiger partial charge < -0.3 is 29.1 Å². The average Bonchev–Trinajstić information content (AvgIpc) is 3.83. The predicted octanol–water partition coefficient (Wildman–Crippen LogP) is 7.00. The van der Waals surface area contributed by atoms with Crippen molar-refractivity contribution in [3.05, 3.63) is 52.1 Å². The number of alkyl halides is 3. The summed E-state index contributed by atoms with van der Waals surface area (Å²) in [6.07, 6.45) is -3.35. The number of carbonyl (C=O) groups excluding carboxylic acids is 6. The van der Waals surface area contributed by atoms with E-state index in [1.807, 2.05) is 26.0 Å². The number of halogens is 4. The monoisotopic (exact) mass is 974 g/mol. The molecule has 5 rings (SSSR count). The van der Waals surface area contributed by atoms with Crippen molar-refractivity contribution in [3.63, 3.8) is 0 Å². The Kier molecular flexibility index (Phi) is 17.2. The highest BCUT2D eigenvalue weighted by Crippen LogP contribution is 2.49.